The largest absolute Gasteiger partial charge is 0.496 e. The summed E-state index contributed by atoms with van der Waals surface area (Å²) in [4.78, 5) is 23.4. The Hall–Kier alpha value is -3.22. The van der Waals surface area contributed by atoms with Crippen molar-refractivity contribution in [2.45, 2.75) is 0 Å². The summed E-state index contributed by atoms with van der Waals surface area (Å²) >= 11 is 0. The molecule has 0 atom stereocenters. The Balaban J connectivity index is 1.82. The van der Waals surface area contributed by atoms with Crippen LogP contribution < -0.4 is 15.5 Å². The summed E-state index contributed by atoms with van der Waals surface area (Å²) in [5.74, 6) is -0.773. The molecule has 0 fully saturated rings. The molecule has 0 aliphatic heterocycles. The van der Waals surface area contributed by atoms with E-state index in [0.717, 1.165) is 0 Å². The third kappa shape index (κ3) is 4.91. The van der Waals surface area contributed by atoms with E-state index in [2.05, 4.69) is 15.8 Å². The van der Waals surface area contributed by atoms with Crippen LogP contribution in [0.3, 0.4) is 0 Å². The fourth-order valence-corrected chi connectivity index (χ4v) is 1.85. The van der Waals surface area contributed by atoms with Crippen LogP contribution >= 0.6 is 0 Å². The molecule has 0 saturated carbocycles. The Kier molecular flexibility index (Phi) is 6.01. The van der Waals surface area contributed by atoms with Crippen molar-refractivity contribution in [1.82, 2.24) is 10.7 Å². The van der Waals surface area contributed by atoms with Crippen molar-refractivity contribution >= 4 is 18.0 Å². The highest BCUT2D eigenvalue weighted by molar-refractivity contribution is 5.96. The molecule has 2 aromatic rings. The second kappa shape index (κ2) is 8.42. The van der Waals surface area contributed by atoms with E-state index in [0.29, 0.717) is 11.3 Å². The van der Waals surface area contributed by atoms with Gasteiger partial charge in [-0.25, -0.2) is 9.82 Å². The van der Waals surface area contributed by atoms with Gasteiger partial charge in [-0.2, -0.15) is 5.10 Å². The van der Waals surface area contributed by atoms with Crippen molar-refractivity contribution in [3.63, 3.8) is 0 Å². The van der Waals surface area contributed by atoms with Gasteiger partial charge < -0.3 is 10.1 Å². The van der Waals surface area contributed by atoms with Gasteiger partial charge in [0.05, 0.1) is 19.9 Å². The molecule has 2 aromatic carbocycles. The molecule has 7 heteroatoms. The summed E-state index contributed by atoms with van der Waals surface area (Å²) in [5.41, 5.74) is 3.27. The third-order valence-corrected chi connectivity index (χ3v) is 3.05. The summed E-state index contributed by atoms with van der Waals surface area (Å²) in [5, 5.41) is 6.22. The number of hydrogen-bond acceptors (Lipinski definition) is 4. The lowest BCUT2D eigenvalue weighted by atomic mass is 10.2. The smallest absolute Gasteiger partial charge is 0.259 e. The maximum Gasteiger partial charge on any atom is 0.259 e. The number of para-hydroxylation sites is 1. The Morgan fingerprint density at radius 3 is 2.58 bits per heavy atom. The number of halogens is 1. The van der Waals surface area contributed by atoms with Crippen molar-refractivity contribution in [2.75, 3.05) is 13.7 Å². The zero-order chi connectivity index (χ0) is 17.4. The Morgan fingerprint density at radius 1 is 1.17 bits per heavy atom. The van der Waals surface area contributed by atoms with Crippen molar-refractivity contribution in [2.24, 2.45) is 5.10 Å². The molecule has 0 saturated heterocycles. The number of carbonyl (C=O) groups is 2. The summed E-state index contributed by atoms with van der Waals surface area (Å²) in [6.07, 6.45) is 1.44. The molecule has 0 spiro atoms. The first-order valence-electron chi connectivity index (χ1n) is 7.09. The Bertz CT molecular complexity index is 745. The van der Waals surface area contributed by atoms with Crippen LogP contribution in [0.25, 0.3) is 0 Å². The number of hydrazone groups is 1. The van der Waals surface area contributed by atoms with Crippen LogP contribution in [-0.2, 0) is 4.79 Å². The normalized spacial score (nSPS) is 10.4. The van der Waals surface area contributed by atoms with Gasteiger partial charge in [0.2, 0.25) is 0 Å². The number of carbonyl (C=O) groups excluding carboxylic acids is 2. The lowest BCUT2D eigenvalue weighted by Gasteiger charge is -2.05. The number of nitrogens with zero attached hydrogens (tertiary/aromatic N) is 1. The molecule has 24 heavy (non-hydrogen) atoms. The number of amides is 2. The average molecular weight is 329 g/mol. The van der Waals surface area contributed by atoms with Gasteiger partial charge >= 0.3 is 0 Å². The lowest BCUT2D eigenvalue weighted by molar-refractivity contribution is -0.120. The van der Waals surface area contributed by atoms with Gasteiger partial charge in [-0.3, -0.25) is 9.59 Å². The molecule has 2 amide bonds. The first kappa shape index (κ1) is 17.1. The van der Waals surface area contributed by atoms with E-state index in [-0.39, 0.29) is 12.1 Å². The van der Waals surface area contributed by atoms with Crippen LogP contribution in [0.4, 0.5) is 4.39 Å². The van der Waals surface area contributed by atoms with Gasteiger partial charge in [0.15, 0.2) is 0 Å². The quantitative estimate of drug-likeness (QED) is 0.625. The Morgan fingerprint density at radius 2 is 1.88 bits per heavy atom. The van der Waals surface area contributed by atoms with Gasteiger partial charge in [0.25, 0.3) is 11.8 Å². The number of nitrogens with one attached hydrogen (secondary N) is 2. The maximum atomic E-state index is 12.8. The molecule has 0 bridgehead atoms. The Labute approximate surface area is 138 Å². The minimum absolute atomic E-state index is 0.251. The third-order valence-electron chi connectivity index (χ3n) is 3.05. The molecule has 2 N–H and O–H groups in total. The van der Waals surface area contributed by atoms with Crippen molar-refractivity contribution in [3.8, 4) is 5.75 Å². The van der Waals surface area contributed by atoms with E-state index in [1.807, 2.05) is 12.1 Å². The van der Waals surface area contributed by atoms with Crippen LogP contribution in [0.2, 0.25) is 0 Å². The van der Waals surface area contributed by atoms with Crippen molar-refractivity contribution in [3.05, 3.63) is 65.5 Å². The fraction of sp³-hybridized carbons (Fsp3) is 0.118. The zero-order valence-electron chi connectivity index (χ0n) is 13.0. The van der Waals surface area contributed by atoms with E-state index in [4.69, 9.17) is 4.74 Å². The minimum atomic E-state index is -0.489. The van der Waals surface area contributed by atoms with E-state index in [9.17, 15) is 14.0 Å². The van der Waals surface area contributed by atoms with Gasteiger partial charge in [-0.1, -0.05) is 12.1 Å². The van der Waals surface area contributed by atoms with Gasteiger partial charge in [0, 0.05) is 11.1 Å². The topological polar surface area (TPSA) is 79.8 Å². The molecule has 0 heterocycles. The summed E-state index contributed by atoms with van der Waals surface area (Å²) in [6, 6.07) is 12.2. The van der Waals surface area contributed by atoms with Gasteiger partial charge in [0.1, 0.15) is 11.6 Å². The summed E-state index contributed by atoms with van der Waals surface area (Å²) in [7, 11) is 1.54. The highest BCUT2D eigenvalue weighted by Gasteiger charge is 2.07. The second-order valence-corrected chi connectivity index (χ2v) is 4.72. The monoisotopic (exact) mass is 329 g/mol. The van der Waals surface area contributed by atoms with Gasteiger partial charge in [-0.15, -0.1) is 0 Å². The zero-order valence-corrected chi connectivity index (χ0v) is 13.0. The van der Waals surface area contributed by atoms with E-state index >= 15 is 0 Å². The van der Waals surface area contributed by atoms with Crippen molar-refractivity contribution < 1.29 is 18.7 Å². The number of ether oxygens (including phenoxy) is 1. The summed E-state index contributed by atoms with van der Waals surface area (Å²) in [6.45, 7) is -0.251. The van der Waals surface area contributed by atoms with Crippen LogP contribution in [0.1, 0.15) is 15.9 Å². The first-order chi connectivity index (χ1) is 11.6. The fourth-order valence-electron chi connectivity index (χ4n) is 1.85. The predicted octanol–water partition coefficient (Wildman–Crippen LogP) is 1.71. The SMILES string of the molecule is COc1ccccc1/C=N/NC(=O)CNC(=O)c1ccc(F)cc1. The van der Waals surface area contributed by atoms with E-state index < -0.39 is 17.6 Å². The molecule has 6 nitrogen and oxygen atoms in total. The molecule has 0 aliphatic carbocycles. The number of hydrogen-bond donors (Lipinski definition) is 2. The van der Waals surface area contributed by atoms with E-state index in [1.165, 1.54) is 37.6 Å². The highest BCUT2D eigenvalue weighted by Crippen LogP contribution is 2.14. The average Bonchev–Trinajstić information content (AvgIpc) is 2.60. The number of methoxy groups -OCH3 is 1. The van der Waals surface area contributed by atoms with Crippen LogP contribution in [0, 0.1) is 5.82 Å². The summed E-state index contributed by atoms with van der Waals surface area (Å²) < 4.78 is 17.9. The molecule has 124 valence electrons. The predicted molar refractivity (Wildman–Crippen MR) is 87.5 cm³/mol. The first-order valence-corrected chi connectivity index (χ1v) is 7.09. The van der Waals surface area contributed by atoms with Crippen molar-refractivity contribution in [1.29, 1.82) is 0 Å². The minimum Gasteiger partial charge on any atom is -0.496 e. The van der Waals surface area contributed by atoms with Crippen LogP contribution in [-0.4, -0.2) is 31.7 Å². The molecule has 2 rings (SSSR count). The standard InChI is InChI=1S/C17H16FN3O3/c1-24-15-5-3-2-4-13(15)10-20-21-16(22)11-19-17(23)12-6-8-14(18)9-7-12/h2-10H,11H2,1H3,(H,19,23)(H,21,22)/b20-10+. The second-order valence-electron chi connectivity index (χ2n) is 4.72. The van der Waals surface area contributed by atoms with Crippen LogP contribution in [0.15, 0.2) is 53.6 Å². The van der Waals surface area contributed by atoms with Gasteiger partial charge in [-0.05, 0) is 36.4 Å². The molecule has 0 aromatic heterocycles. The molecular weight excluding hydrogens is 313 g/mol. The number of rotatable bonds is 6. The molecule has 0 unspecified atom stereocenters. The van der Waals surface area contributed by atoms with E-state index in [1.54, 1.807) is 12.1 Å². The number of benzene rings is 2. The maximum absolute atomic E-state index is 12.8. The van der Waals surface area contributed by atoms with Crippen LogP contribution in [0.5, 0.6) is 5.75 Å². The molecular formula is C17H16FN3O3. The highest BCUT2D eigenvalue weighted by atomic mass is 19.1. The molecule has 0 aliphatic rings. The molecule has 0 radical (unpaired) electrons. The lowest BCUT2D eigenvalue weighted by Crippen LogP contribution is -2.34.